The van der Waals surface area contributed by atoms with Gasteiger partial charge in [-0.3, -0.25) is 0 Å². The lowest BCUT2D eigenvalue weighted by molar-refractivity contribution is 0.203. The molecule has 0 saturated heterocycles. The molecule has 6 nitrogen and oxygen atoms in total. The van der Waals surface area contributed by atoms with E-state index in [1.807, 2.05) is 73.7 Å². The summed E-state index contributed by atoms with van der Waals surface area (Å²) in [6, 6.07) is 21.0. The Morgan fingerprint density at radius 1 is 0.676 bits per heavy atom. The lowest BCUT2D eigenvalue weighted by atomic mass is 10.0. The Kier molecular flexibility index (Phi) is 6.38. The van der Waals surface area contributed by atoms with Crippen molar-refractivity contribution in [2.45, 2.75) is 19.8 Å². The summed E-state index contributed by atoms with van der Waals surface area (Å²) in [5.41, 5.74) is 2.42. The van der Waals surface area contributed by atoms with Crippen molar-refractivity contribution in [1.82, 2.24) is 0 Å². The molecule has 0 amide bonds. The first-order chi connectivity index (χ1) is 16.7. The van der Waals surface area contributed by atoms with Crippen LogP contribution in [-0.4, -0.2) is 26.4 Å². The highest BCUT2D eigenvalue weighted by molar-refractivity contribution is 5.88. The summed E-state index contributed by atoms with van der Waals surface area (Å²) in [5.74, 6) is 2.40. The molecule has 0 spiro atoms. The zero-order valence-corrected chi connectivity index (χ0v) is 19.0. The SMILES string of the molecule is Cc1ccc(-c2cc3ccc4c(c3oc2=O)OCCCOc2ccccc2OCCCO4)cc1. The minimum absolute atomic E-state index is 0.377. The third-order valence-electron chi connectivity index (χ3n) is 5.63. The van der Waals surface area contributed by atoms with Crippen LogP contribution < -0.4 is 24.6 Å². The molecule has 0 aliphatic carbocycles. The van der Waals surface area contributed by atoms with E-state index < -0.39 is 5.63 Å². The van der Waals surface area contributed by atoms with Crippen LogP contribution in [0.1, 0.15) is 18.4 Å². The molecule has 0 atom stereocenters. The number of fused-ring (bicyclic) bond motifs is 4. The summed E-state index contributed by atoms with van der Waals surface area (Å²) in [7, 11) is 0. The minimum atomic E-state index is -0.416. The Labute approximate surface area is 197 Å². The first-order valence-electron chi connectivity index (χ1n) is 11.5. The molecule has 1 aliphatic heterocycles. The normalized spacial score (nSPS) is 14.4. The highest BCUT2D eigenvalue weighted by atomic mass is 16.5. The molecule has 0 N–H and O–H groups in total. The van der Waals surface area contributed by atoms with Crippen molar-refractivity contribution in [3.05, 3.63) is 82.7 Å². The molecule has 0 fully saturated rings. The molecule has 0 bridgehead atoms. The number of ether oxygens (including phenoxy) is 4. The molecular weight excluding hydrogens is 432 g/mol. The van der Waals surface area contributed by atoms with Crippen LogP contribution in [0.3, 0.4) is 0 Å². The Morgan fingerprint density at radius 2 is 1.29 bits per heavy atom. The summed E-state index contributed by atoms with van der Waals surface area (Å²) in [6.07, 6.45) is 1.30. The van der Waals surface area contributed by atoms with E-state index in [2.05, 4.69) is 0 Å². The molecule has 34 heavy (non-hydrogen) atoms. The first-order valence-corrected chi connectivity index (χ1v) is 11.5. The van der Waals surface area contributed by atoms with Crippen molar-refractivity contribution in [1.29, 1.82) is 0 Å². The number of rotatable bonds is 1. The summed E-state index contributed by atoms with van der Waals surface area (Å²) in [6.45, 7) is 3.76. The number of hydrogen-bond donors (Lipinski definition) is 0. The van der Waals surface area contributed by atoms with E-state index >= 15 is 0 Å². The highest BCUT2D eigenvalue weighted by Crippen LogP contribution is 2.37. The third-order valence-corrected chi connectivity index (χ3v) is 5.63. The molecule has 174 valence electrons. The Hall–Kier alpha value is -3.93. The van der Waals surface area contributed by atoms with E-state index in [9.17, 15) is 4.79 Å². The summed E-state index contributed by atoms with van der Waals surface area (Å²) >= 11 is 0. The molecular formula is C28H26O6. The van der Waals surface area contributed by atoms with Gasteiger partial charge in [0, 0.05) is 18.2 Å². The summed E-state index contributed by atoms with van der Waals surface area (Å²) in [5, 5.41) is 0.771. The second kappa shape index (κ2) is 9.91. The molecule has 2 heterocycles. The van der Waals surface area contributed by atoms with Gasteiger partial charge in [0.25, 0.3) is 0 Å². The van der Waals surface area contributed by atoms with E-state index in [0.717, 1.165) is 22.3 Å². The van der Waals surface area contributed by atoms with Gasteiger partial charge in [-0.05, 0) is 42.8 Å². The van der Waals surface area contributed by atoms with Crippen LogP contribution >= 0.6 is 0 Å². The average Bonchev–Trinajstić information content (AvgIpc) is 2.85. The van der Waals surface area contributed by atoms with Crippen molar-refractivity contribution in [2.75, 3.05) is 26.4 Å². The molecule has 6 heteroatoms. The van der Waals surface area contributed by atoms with Crippen LogP contribution in [0.25, 0.3) is 22.1 Å². The van der Waals surface area contributed by atoms with Gasteiger partial charge in [-0.2, -0.15) is 0 Å². The predicted octanol–water partition coefficient (Wildman–Crippen LogP) is 5.78. The number of hydrogen-bond acceptors (Lipinski definition) is 6. The van der Waals surface area contributed by atoms with Gasteiger partial charge in [-0.1, -0.05) is 42.0 Å². The first kappa shape index (κ1) is 21.9. The van der Waals surface area contributed by atoms with E-state index in [1.165, 1.54) is 0 Å². The summed E-state index contributed by atoms with van der Waals surface area (Å²) in [4.78, 5) is 12.9. The fourth-order valence-electron chi connectivity index (χ4n) is 3.85. The minimum Gasteiger partial charge on any atom is -0.490 e. The zero-order chi connectivity index (χ0) is 23.3. The molecule has 0 unspecified atom stereocenters. The highest BCUT2D eigenvalue weighted by Gasteiger charge is 2.17. The van der Waals surface area contributed by atoms with Gasteiger partial charge in [0.1, 0.15) is 0 Å². The van der Waals surface area contributed by atoms with Gasteiger partial charge < -0.3 is 23.4 Å². The molecule has 1 aliphatic rings. The van der Waals surface area contributed by atoms with Crippen molar-refractivity contribution >= 4 is 11.0 Å². The molecule has 5 rings (SSSR count). The third kappa shape index (κ3) is 4.71. The van der Waals surface area contributed by atoms with Crippen LogP contribution in [0.5, 0.6) is 23.0 Å². The zero-order valence-electron chi connectivity index (χ0n) is 19.0. The van der Waals surface area contributed by atoms with Gasteiger partial charge in [0.15, 0.2) is 22.8 Å². The van der Waals surface area contributed by atoms with Crippen LogP contribution in [0, 0.1) is 6.92 Å². The lowest BCUT2D eigenvalue weighted by Crippen LogP contribution is -2.11. The second-order valence-electron chi connectivity index (χ2n) is 8.17. The molecule has 3 aromatic carbocycles. The van der Waals surface area contributed by atoms with Crippen molar-refractivity contribution in [3.63, 3.8) is 0 Å². The Morgan fingerprint density at radius 3 is 1.97 bits per heavy atom. The monoisotopic (exact) mass is 458 g/mol. The quantitative estimate of drug-likeness (QED) is 0.337. The fourth-order valence-corrected chi connectivity index (χ4v) is 3.85. The van der Waals surface area contributed by atoms with Crippen LogP contribution in [0.4, 0.5) is 0 Å². The van der Waals surface area contributed by atoms with Gasteiger partial charge in [-0.15, -0.1) is 0 Å². The maximum Gasteiger partial charge on any atom is 0.344 e. The number of para-hydroxylation sites is 2. The molecule has 0 saturated carbocycles. The van der Waals surface area contributed by atoms with E-state index in [0.29, 0.717) is 67.7 Å². The van der Waals surface area contributed by atoms with E-state index in [-0.39, 0.29) is 0 Å². The average molecular weight is 459 g/mol. The second-order valence-corrected chi connectivity index (χ2v) is 8.17. The van der Waals surface area contributed by atoms with Crippen molar-refractivity contribution in [3.8, 4) is 34.1 Å². The van der Waals surface area contributed by atoms with Crippen LogP contribution in [0.2, 0.25) is 0 Å². The maximum atomic E-state index is 12.9. The molecule has 0 radical (unpaired) electrons. The Bertz CT molecular complexity index is 1340. The standard InChI is InChI=1S/C28H26O6/c1-19-8-10-20(11-9-19)22-18-21-12-13-25-27(26(21)34-28(22)29)33-17-5-15-31-24-7-3-2-6-23(24)30-14-4-16-32-25/h2-3,6-13,18H,4-5,14-17H2,1H3. The largest absolute Gasteiger partial charge is 0.490 e. The lowest BCUT2D eigenvalue weighted by Gasteiger charge is -2.17. The van der Waals surface area contributed by atoms with Gasteiger partial charge in [-0.25, -0.2) is 4.79 Å². The van der Waals surface area contributed by atoms with Gasteiger partial charge in [0.05, 0.1) is 32.0 Å². The van der Waals surface area contributed by atoms with Gasteiger partial charge in [0.2, 0.25) is 5.75 Å². The predicted molar refractivity (Wildman–Crippen MR) is 130 cm³/mol. The molecule has 1 aromatic heterocycles. The van der Waals surface area contributed by atoms with E-state index in [4.69, 9.17) is 23.4 Å². The van der Waals surface area contributed by atoms with Crippen molar-refractivity contribution in [2.24, 2.45) is 0 Å². The van der Waals surface area contributed by atoms with Crippen LogP contribution in [0.15, 0.2) is 75.9 Å². The van der Waals surface area contributed by atoms with Gasteiger partial charge >= 0.3 is 5.63 Å². The maximum absolute atomic E-state index is 12.9. The smallest absolute Gasteiger partial charge is 0.344 e. The Balaban J connectivity index is 1.44. The summed E-state index contributed by atoms with van der Waals surface area (Å²) < 4.78 is 29.6. The number of benzene rings is 3. The number of aryl methyl sites for hydroxylation is 1. The fraction of sp³-hybridized carbons (Fsp3) is 0.250. The van der Waals surface area contributed by atoms with E-state index in [1.54, 1.807) is 0 Å². The van der Waals surface area contributed by atoms with Crippen molar-refractivity contribution < 1.29 is 23.4 Å². The molecule has 4 aromatic rings. The topological polar surface area (TPSA) is 67.1 Å². The van der Waals surface area contributed by atoms with Crippen LogP contribution in [-0.2, 0) is 0 Å².